The predicted octanol–water partition coefficient (Wildman–Crippen LogP) is 0.0988. The van der Waals surface area contributed by atoms with Gasteiger partial charge in [0, 0.05) is 43.8 Å². The quantitative estimate of drug-likeness (QED) is 0.512. The monoisotopic (exact) mass is 486 g/mol. The normalized spacial score (nSPS) is 19.5. The lowest BCUT2D eigenvalue weighted by molar-refractivity contribution is -0.259. The number of nitrogens with zero attached hydrogens (tertiary/aromatic N) is 5. The average molecular weight is 486 g/mol. The number of nitrogens with two attached hydrogens (primary N) is 1. The topological polar surface area (TPSA) is 146 Å². The second kappa shape index (κ2) is 9.10. The highest BCUT2D eigenvalue weighted by atomic mass is 32.2. The number of aliphatic hydroxyl groups excluding tert-OH is 1. The molecule has 10 nitrogen and oxygen atoms in total. The SMILES string of the molecule is C[C@](O)(c1cnc(N2CCN(S(=O)(=O)c3ccc(N)nc3)C[C@@H]2C#CCO)nc1)C(F)(F)F. The van der Waals surface area contributed by atoms with Crippen LogP contribution in [-0.4, -0.2) is 76.3 Å². The molecule has 0 unspecified atom stereocenters. The molecule has 1 fully saturated rings. The fourth-order valence-corrected chi connectivity index (χ4v) is 4.46. The molecule has 0 spiro atoms. The number of sulfonamides is 1. The van der Waals surface area contributed by atoms with Crippen LogP contribution in [-0.2, 0) is 15.6 Å². The van der Waals surface area contributed by atoms with Crippen LogP contribution in [0.3, 0.4) is 0 Å². The molecule has 2 aromatic heterocycles. The van der Waals surface area contributed by atoms with Crippen LogP contribution in [0.4, 0.5) is 24.9 Å². The van der Waals surface area contributed by atoms with E-state index in [-0.39, 0.29) is 36.3 Å². The maximum atomic E-state index is 13.1. The van der Waals surface area contributed by atoms with Crippen molar-refractivity contribution >= 4 is 21.8 Å². The molecule has 4 N–H and O–H groups in total. The number of halogens is 3. The number of piperazine rings is 1. The van der Waals surface area contributed by atoms with Crippen molar-refractivity contribution in [3.63, 3.8) is 0 Å². The number of aliphatic hydroxyl groups is 2. The summed E-state index contributed by atoms with van der Waals surface area (Å²) in [6.45, 7) is 0.0751. The zero-order chi connectivity index (χ0) is 24.4. The van der Waals surface area contributed by atoms with Gasteiger partial charge in [-0.25, -0.2) is 23.4 Å². The molecule has 0 aromatic carbocycles. The first kappa shape index (κ1) is 24.6. The van der Waals surface area contributed by atoms with Gasteiger partial charge >= 0.3 is 6.18 Å². The van der Waals surface area contributed by atoms with E-state index in [1.54, 1.807) is 0 Å². The minimum Gasteiger partial charge on any atom is -0.384 e. The largest absolute Gasteiger partial charge is 0.421 e. The third-order valence-corrected chi connectivity index (χ3v) is 6.95. The van der Waals surface area contributed by atoms with Gasteiger partial charge in [-0.05, 0) is 19.1 Å². The van der Waals surface area contributed by atoms with Crippen molar-refractivity contribution in [1.82, 2.24) is 19.3 Å². The first-order chi connectivity index (χ1) is 15.4. The molecule has 0 saturated carbocycles. The molecule has 14 heteroatoms. The van der Waals surface area contributed by atoms with E-state index in [2.05, 4.69) is 26.8 Å². The molecule has 0 bridgehead atoms. The molecule has 0 aliphatic carbocycles. The van der Waals surface area contributed by atoms with E-state index in [1.807, 2.05) is 0 Å². The van der Waals surface area contributed by atoms with Crippen molar-refractivity contribution in [1.29, 1.82) is 0 Å². The fourth-order valence-electron chi connectivity index (χ4n) is 3.08. The van der Waals surface area contributed by atoms with Gasteiger partial charge in [0.05, 0.1) is 0 Å². The molecule has 0 radical (unpaired) electrons. The van der Waals surface area contributed by atoms with E-state index in [9.17, 15) is 26.7 Å². The van der Waals surface area contributed by atoms with Gasteiger partial charge in [0.2, 0.25) is 16.0 Å². The van der Waals surface area contributed by atoms with Crippen LogP contribution in [0.5, 0.6) is 0 Å². The number of alkyl halides is 3. The Labute approximate surface area is 187 Å². The second-order valence-electron chi connectivity index (χ2n) is 7.31. The number of nitrogen functional groups attached to an aromatic ring is 1. The number of pyridine rings is 1. The van der Waals surface area contributed by atoms with E-state index < -0.39 is 40.0 Å². The lowest BCUT2D eigenvalue weighted by atomic mass is 9.99. The van der Waals surface area contributed by atoms with Gasteiger partial charge in [-0.2, -0.15) is 17.5 Å². The Bertz CT molecular complexity index is 1150. The maximum Gasteiger partial charge on any atom is 0.421 e. The van der Waals surface area contributed by atoms with Gasteiger partial charge in [0.15, 0.2) is 5.60 Å². The van der Waals surface area contributed by atoms with E-state index in [1.165, 1.54) is 21.3 Å². The third kappa shape index (κ3) is 5.01. The van der Waals surface area contributed by atoms with Crippen LogP contribution < -0.4 is 10.6 Å². The Hall–Kier alpha value is -2.99. The Balaban J connectivity index is 1.87. The van der Waals surface area contributed by atoms with Crippen molar-refractivity contribution in [2.45, 2.75) is 29.6 Å². The van der Waals surface area contributed by atoms with Crippen molar-refractivity contribution < 1.29 is 31.8 Å². The van der Waals surface area contributed by atoms with Gasteiger partial charge < -0.3 is 20.8 Å². The zero-order valence-corrected chi connectivity index (χ0v) is 18.2. The molecule has 0 amide bonds. The van der Waals surface area contributed by atoms with Crippen molar-refractivity contribution in [2.24, 2.45) is 0 Å². The van der Waals surface area contributed by atoms with Crippen LogP contribution in [0.15, 0.2) is 35.6 Å². The van der Waals surface area contributed by atoms with Crippen molar-refractivity contribution in [3.8, 4) is 11.8 Å². The summed E-state index contributed by atoms with van der Waals surface area (Å²) in [5, 5.41) is 18.9. The molecule has 2 atom stereocenters. The second-order valence-corrected chi connectivity index (χ2v) is 9.25. The molecule has 3 rings (SSSR count). The van der Waals surface area contributed by atoms with Crippen LogP contribution in [0.2, 0.25) is 0 Å². The van der Waals surface area contributed by atoms with Gasteiger partial charge in [0.1, 0.15) is 23.4 Å². The summed E-state index contributed by atoms with van der Waals surface area (Å²) in [6, 6.07) is 1.89. The zero-order valence-electron chi connectivity index (χ0n) is 17.4. The van der Waals surface area contributed by atoms with Crippen LogP contribution in [0, 0.1) is 11.8 Å². The van der Waals surface area contributed by atoms with Gasteiger partial charge in [-0.3, -0.25) is 0 Å². The first-order valence-electron chi connectivity index (χ1n) is 9.57. The predicted molar refractivity (Wildman–Crippen MR) is 111 cm³/mol. The summed E-state index contributed by atoms with van der Waals surface area (Å²) in [5.41, 5.74) is 1.82. The van der Waals surface area contributed by atoms with Gasteiger partial charge in [-0.1, -0.05) is 11.8 Å². The van der Waals surface area contributed by atoms with Crippen LogP contribution >= 0.6 is 0 Å². The molecule has 1 aliphatic heterocycles. The lowest BCUT2D eigenvalue weighted by Gasteiger charge is -2.38. The Kier molecular flexibility index (Phi) is 6.80. The van der Waals surface area contributed by atoms with E-state index in [0.29, 0.717) is 6.92 Å². The van der Waals surface area contributed by atoms with Crippen molar-refractivity contribution in [2.75, 3.05) is 36.9 Å². The molecule has 178 valence electrons. The maximum absolute atomic E-state index is 13.1. The van der Waals surface area contributed by atoms with Gasteiger partial charge in [-0.15, -0.1) is 0 Å². The molecule has 1 aliphatic rings. The summed E-state index contributed by atoms with van der Waals surface area (Å²) in [6.07, 6.45) is -2.07. The van der Waals surface area contributed by atoms with E-state index >= 15 is 0 Å². The highest BCUT2D eigenvalue weighted by molar-refractivity contribution is 7.89. The summed E-state index contributed by atoms with van der Waals surface area (Å²) in [4.78, 5) is 13.1. The highest BCUT2D eigenvalue weighted by Crippen LogP contribution is 2.38. The minimum atomic E-state index is -4.93. The Morgan fingerprint density at radius 1 is 1.18 bits per heavy atom. The fraction of sp³-hybridized carbons (Fsp3) is 0.421. The minimum absolute atomic E-state index is 0.000151. The molecule has 2 aromatic rings. The van der Waals surface area contributed by atoms with Crippen LogP contribution in [0.25, 0.3) is 0 Å². The van der Waals surface area contributed by atoms with Gasteiger partial charge in [0.25, 0.3) is 0 Å². The smallest absolute Gasteiger partial charge is 0.384 e. The Morgan fingerprint density at radius 3 is 2.39 bits per heavy atom. The standard InChI is InChI=1S/C19H21F3N6O4S/c1-18(30,19(20,21)22)13-9-25-17(26-10-13)28-7-6-27(12-14(28)3-2-8-29)33(31,32)15-4-5-16(23)24-11-15/h4-5,9-11,14,29-30H,6-8,12H2,1H3,(H2,23,24)/t14-,18-/m0/s1. The van der Waals surface area contributed by atoms with Crippen molar-refractivity contribution in [3.05, 3.63) is 36.3 Å². The molecule has 1 saturated heterocycles. The summed E-state index contributed by atoms with van der Waals surface area (Å²) in [5.74, 6) is 5.35. The summed E-state index contributed by atoms with van der Waals surface area (Å²) < 4.78 is 66.3. The average Bonchev–Trinajstić information content (AvgIpc) is 2.77. The number of rotatable bonds is 4. The first-order valence-corrected chi connectivity index (χ1v) is 11.0. The lowest BCUT2D eigenvalue weighted by Crippen LogP contribution is -2.55. The summed E-state index contributed by atoms with van der Waals surface area (Å²) >= 11 is 0. The molecular formula is C19H21F3N6O4S. The third-order valence-electron chi connectivity index (χ3n) is 5.10. The van der Waals surface area contributed by atoms with E-state index in [4.69, 9.17) is 10.8 Å². The highest BCUT2D eigenvalue weighted by Gasteiger charge is 2.51. The molecule has 3 heterocycles. The number of aromatic nitrogens is 3. The van der Waals surface area contributed by atoms with E-state index in [0.717, 1.165) is 18.6 Å². The number of anilines is 2. The Morgan fingerprint density at radius 2 is 1.85 bits per heavy atom. The van der Waals surface area contributed by atoms with Crippen LogP contribution in [0.1, 0.15) is 12.5 Å². The molecular weight excluding hydrogens is 465 g/mol. The number of hydrogen-bond donors (Lipinski definition) is 3. The molecule has 33 heavy (non-hydrogen) atoms. The number of hydrogen-bond acceptors (Lipinski definition) is 9. The summed E-state index contributed by atoms with van der Waals surface area (Å²) in [7, 11) is -3.93.